The average molecular weight is 445 g/mol. The first kappa shape index (κ1) is 22.3. The van der Waals surface area contributed by atoms with Gasteiger partial charge in [-0.3, -0.25) is 9.10 Å². The molecule has 0 aliphatic carbocycles. The Morgan fingerprint density at radius 1 is 1.14 bits per heavy atom. The van der Waals surface area contributed by atoms with E-state index in [-0.39, 0.29) is 17.3 Å². The summed E-state index contributed by atoms with van der Waals surface area (Å²) in [5.74, 6) is 0.305. The minimum atomic E-state index is -3.73. The van der Waals surface area contributed by atoms with Crippen LogP contribution in [0.15, 0.2) is 42.5 Å². The molecule has 0 fully saturated rings. The predicted octanol–water partition coefficient (Wildman–Crippen LogP) is 3.86. The van der Waals surface area contributed by atoms with Gasteiger partial charge in [0, 0.05) is 6.54 Å². The molecule has 0 bridgehead atoms. The molecule has 2 aromatic carbocycles. The Labute approximate surface area is 175 Å². The van der Waals surface area contributed by atoms with Gasteiger partial charge in [-0.05, 0) is 49.7 Å². The molecule has 0 aliphatic heterocycles. The van der Waals surface area contributed by atoms with Crippen LogP contribution in [0.5, 0.6) is 5.75 Å². The first-order chi connectivity index (χ1) is 13.1. The van der Waals surface area contributed by atoms with Crippen LogP contribution in [0.1, 0.15) is 19.4 Å². The first-order valence-electron chi connectivity index (χ1n) is 8.57. The van der Waals surface area contributed by atoms with Crippen molar-refractivity contribution in [2.75, 3.05) is 17.2 Å². The summed E-state index contributed by atoms with van der Waals surface area (Å²) in [7, 11) is -3.73. The fourth-order valence-electron chi connectivity index (χ4n) is 2.64. The normalized spacial score (nSPS) is 12.3. The smallest absolute Gasteiger partial charge is 0.243 e. The highest BCUT2D eigenvalue weighted by Gasteiger charge is 2.29. The van der Waals surface area contributed by atoms with E-state index in [4.69, 9.17) is 27.9 Å². The van der Waals surface area contributed by atoms with Crippen molar-refractivity contribution in [3.63, 3.8) is 0 Å². The van der Waals surface area contributed by atoms with E-state index in [1.807, 2.05) is 31.2 Å². The molecule has 0 radical (unpaired) electrons. The van der Waals surface area contributed by atoms with Gasteiger partial charge in [0.15, 0.2) is 0 Å². The molecule has 1 unspecified atom stereocenters. The molecule has 1 N–H and O–H groups in total. The molecule has 6 nitrogen and oxygen atoms in total. The standard InChI is InChI=1S/C19H22Cl2N2O4S/c1-4-27-16-8-5-14(6-9-16)12-22-19(24)13(2)23(28(3,25)26)15-7-10-17(20)18(21)11-15/h5-11,13H,4,12H2,1-3H3,(H,22,24). The van der Waals surface area contributed by atoms with E-state index >= 15 is 0 Å². The van der Waals surface area contributed by atoms with Crippen LogP contribution in [0.2, 0.25) is 10.0 Å². The molecule has 9 heteroatoms. The molecule has 0 heterocycles. The number of nitrogens with one attached hydrogen (secondary N) is 1. The summed E-state index contributed by atoms with van der Waals surface area (Å²) in [5.41, 5.74) is 1.13. The lowest BCUT2D eigenvalue weighted by Crippen LogP contribution is -2.47. The highest BCUT2D eigenvalue weighted by atomic mass is 35.5. The number of rotatable bonds is 8. The summed E-state index contributed by atoms with van der Waals surface area (Å²) in [6.07, 6.45) is 1.03. The fraction of sp³-hybridized carbons (Fsp3) is 0.316. The first-order valence-corrected chi connectivity index (χ1v) is 11.2. The Kier molecular flexibility index (Phi) is 7.57. The van der Waals surface area contributed by atoms with Gasteiger partial charge in [-0.1, -0.05) is 35.3 Å². The van der Waals surface area contributed by atoms with Crippen molar-refractivity contribution in [3.8, 4) is 5.75 Å². The second-order valence-electron chi connectivity index (χ2n) is 6.13. The van der Waals surface area contributed by atoms with Gasteiger partial charge in [-0.15, -0.1) is 0 Å². The Balaban J connectivity index is 2.14. The lowest BCUT2D eigenvalue weighted by molar-refractivity contribution is -0.122. The molecule has 0 saturated carbocycles. The van der Waals surface area contributed by atoms with Crippen LogP contribution in [-0.4, -0.2) is 33.2 Å². The number of anilines is 1. The van der Waals surface area contributed by atoms with Crippen molar-refractivity contribution in [2.24, 2.45) is 0 Å². The maximum atomic E-state index is 12.6. The van der Waals surface area contributed by atoms with Crippen LogP contribution in [0.4, 0.5) is 5.69 Å². The number of amides is 1. The minimum absolute atomic E-state index is 0.204. The highest BCUT2D eigenvalue weighted by Crippen LogP contribution is 2.29. The number of ether oxygens (including phenoxy) is 1. The topological polar surface area (TPSA) is 75.7 Å². The Hall–Kier alpha value is -1.96. The molecule has 0 aromatic heterocycles. The van der Waals surface area contributed by atoms with E-state index in [1.165, 1.54) is 25.1 Å². The second kappa shape index (κ2) is 9.49. The molecule has 152 valence electrons. The van der Waals surface area contributed by atoms with E-state index < -0.39 is 22.0 Å². The summed E-state index contributed by atoms with van der Waals surface area (Å²) in [4.78, 5) is 12.6. The van der Waals surface area contributed by atoms with Crippen molar-refractivity contribution in [2.45, 2.75) is 26.4 Å². The predicted molar refractivity (Wildman–Crippen MR) is 113 cm³/mol. The van der Waals surface area contributed by atoms with Crippen molar-refractivity contribution in [1.29, 1.82) is 0 Å². The van der Waals surface area contributed by atoms with Gasteiger partial charge in [0.05, 0.1) is 28.6 Å². The van der Waals surface area contributed by atoms with Crippen LogP contribution < -0.4 is 14.4 Å². The van der Waals surface area contributed by atoms with Gasteiger partial charge >= 0.3 is 0 Å². The lowest BCUT2D eigenvalue weighted by Gasteiger charge is -2.28. The number of hydrogen-bond donors (Lipinski definition) is 1. The number of halogens is 2. The van der Waals surface area contributed by atoms with E-state index in [2.05, 4.69) is 5.32 Å². The SMILES string of the molecule is CCOc1ccc(CNC(=O)C(C)N(c2ccc(Cl)c(Cl)c2)S(C)(=O)=O)cc1. The molecule has 0 saturated heterocycles. The number of carbonyl (C=O) groups excluding carboxylic acids is 1. The number of benzene rings is 2. The monoisotopic (exact) mass is 444 g/mol. The molecule has 28 heavy (non-hydrogen) atoms. The zero-order valence-electron chi connectivity index (χ0n) is 15.8. The third-order valence-corrected chi connectivity index (χ3v) is 5.93. The Morgan fingerprint density at radius 3 is 2.32 bits per heavy atom. The van der Waals surface area contributed by atoms with Gasteiger partial charge in [0.25, 0.3) is 0 Å². The van der Waals surface area contributed by atoms with Crippen LogP contribution >= 0.6 is 23.2 Å². The van der Waals surface area contributed by atoms with Crippen molar-refractivity contribution >= 4 is 44.8 Å². The van der Waals surface area contributed by atoms with Crippen LogP contribution in [-0.2, 0) is 21.4 Å². The van der Waals surface area contributed by atoms with Crippen LogP contribution in [0.25, 0.3) is 0 Å². The van der Waals surface area contributed by atoms with Gasteiger partial charge < -0.3 is 10.1 Å². The Bertz CT molecular complexity index is 933. The minimum Gasteiger partial charge on any atom is -0.494 e. The second-order valence-corrected chi connectivity index (χ2v) is 8.80. The van der Waals surface area contributed by atoms with Gasteiger partial charge in [-0.25, -0.2) is 8.42 Å². The van der Waals surface area contributed by atoms with E-state index in [9.17, 15) is 13.2 Å². The molecular formula is C19H22Cl2N2O4S. The van der Waals surface area contributed by atoms with Crippen molar-refractivity contribution in [1.82, 2.24) is 5.32 Å². The number of hydrogen-bond acceptors (Lipinski definition) is 4. The highest BCUT2D eigenvalue weighted by molar-refractivity contribution is 7.92. The Morgan fingerprint density at radius 2 is 1.79 bits per heavy atom. The fourth-order valence-corrected chi connectivity index (χ4v) is 4.10. The summed E-state index contributed by atoms with van der Waals surface area (Å²) in [6.45, 7) is 4.24. The number of carbonyl (C=O) groups is 1. The summed E-state index contributed by atoms with van der Waals surface area (Å²) in [5, 5.41) is 3.25. The quantitative estimate of drug-likeness (QED) is 0.670. The van der Waals surface area contributed by atoms with Crippen molar-refractivity contribution < 1.29 is 17.9 Å². The lowest BCUT2D eigenvalue weighted by atomic mass is 10.2. The zero-order valence-corrected chi connectivity index (χ0v) is 18.1. The van der Waals surface area contributed by atoms with Crippen LogP contribution in [0.3, 0.4) is 0 Å². The molecule has 0 spiro atoms. The van der Waals surface area contributed by atoms with Gasteiger partial charge in [0.2, 0.25) is 15.9 Å². The molecule has 2 aromatic rings. The van der Waals surface area contributed by atoms with Crippen LogP contribution in [0, 0.1) is 0 Å². The summed E-state index contributed by atoms with van der Waals surface area (Å²) < 4.78 is 31.0. The van der Waals surface area contributed by atoms with Gasteiger partial charge in [-0.2, -0.15) is 0 Å². The third kappa shape index (κ3) is 5.77. The van der Waals surface area contributed by atoms with E-state index in [0.717, 1.165) is 21.9 Å². The zero-order chi connectivity index (χ0) is 20.9. The van der Waals surface area contributed by atoms with Gasteiger partial charge in [0.1, 0.15) is 11.8 Å². The molecule has 1 atom stereocenters. The van der Waals surface area contributed by atoms with E-state index in [0.29, 0.717) is 11.6 Å². The summed E-state index contributed by atoms with van der Waals surface area (Å²) >= 11 is 11.9. The van der Waals surface area contributed by atoms with Crippen molar-refractivity contribution in [3.05, 3.63) is 58.1 Å². The largest absolute Gasteiger partial charge is 0.494 e. The average Bonchev–Trinajstić information content (AvgIpc) is 2.63. The molecular weight excluding hydrogens is 423 g/mol. The number of sulfonamides is 1. The molecule has 2 rings (SSSR count). The third-order valence-electron chi connectivity index (χ3n) is 3.95. The summed E-state index contributed by atoms with van der Waals surface area (Å²) in [6, 6.07) is 10.7. The molecule has 0 aliphatic rings. The maximum Gasteiger partial charge on any atom is 0.243 e. The maximum absolute atomic E-state index is 12.6. The number of nitrogens with zero attached hydrogens (tertiary/aromatic N) is 1. The molecule has 1 amide bonds. The van der Waals surface area contributed by atoms with E-state index in [1.54, 1.807) is 0 Å².